The van der Waals surface area contributed by atoms with E-state index in [4.69, 9.17) is 32.4 Å². The van der Waals surface area contributed by atoms with Gasteiger partial charge in [-0.15, -0.1) is 0 Å². The third-order valence-corrected chi connectivity index (χ3v) is 5.50. The van der Waals surface area contributed by atoms with Crippen molar-refractivity contribution >= 4 is 52.6 Å². The normalized spacial score (nSPS) is 13.6. The summed E-state index contributed by atoms with van der Waals surface area (Å²) in [4.78, 5) is 51.3. The van der Waals surface area contributed by atoms with Crippen molar-refractivity contribution in [1.29, 1.82) is 0 Å². The second-order valence-electron chi connectivity index (χ2n) is 7.20. The molecule has 0 saturated heterocycles. The molecule has 0 radical (unpaired) electrons. The van der Waals surface area contributed by atoms with E-state index in [1.165, 1.54) is 43.5 Å². The first-order chi connectivity index (χ1) is 15.7. The number of nitrogens with zero attached hydrogens (tertiary/aromatic N) is 1. The molecular weight excluding hydrogens is 471 g/mol. The fourth-order valence-electron chi connectivity index (χ4n) is 3.23. The molecule has 3 amide bonds. The Morgan fingerprint density at radius 3 is 2.55 bits per heavy atom. The van der Waals surface area contributed by atoms with E-state index < -0.39 is 29.8 Å². The summed E-state index contributed by atoms with van der Waals surface area (Å²) in [5, 5.41) is 3.19. The summed E-state index contributed by atoms with van der Waals surface area (Å²) in [5.74, 6) is -2.05. The van der Waals surface area contributed by atoms with Crippen LogP contribution >= 0.6 is 23.2 Å². The number of anilines is 1. The minimum absolute atomic E-state index is 0.0233. The van der Waals surface area contributed by atoms with Gasteiger partial charge in [0, 0.05) is 5.02 Å². The molecule has 0 unspecified atom stereocenters. The van der Waals surface area contributed by atoms with Crippen molar-refractivity contribution in [1.82, 2.24) is 4.90 Å². The van der Waals surface area contributed by atoms with Crippen LogP contribution < -0.4 is 5.32 Å². The van der Waals surface area contributed by atoms with Crippen LogP contribution in [0.25, 0.3) is 0 Å². The van der Waals surface area contributed by atoms with Gasteiger partial charge in [-0.2, -0.15) is 0 Å². The second kappa shape index (κ2) is 9.09. The summed E-state index contributed by atoms with van der Waals surface area (Å²) >= 11 is 11.9. The van der Waals surface area contributed by atoms with E-state index in [2.05, 4.69) is 5.32 Å². The van der Waals surface area contributed by atoms with Crippen molar-refractivity contribution in [3.8, 4) is 0 Å². The maximum Gasteiger partial charge on any atom is 0.338 e. The van der Waals surface area contributed by atoms with Gasteiger partial charge in [0.25, 0.3) is 17.7 Å². The van der Waals surface area contributed by atoms with E-state index in [9.17, 15) is 19.2 Å². The minimum Gasteiger partial charge on any atom is -0.467 e. The number of hydrogen-bond acceptors (Lipinski definition) is 6. The zero-order chi connectivity index (χ0) is 23.7. The van der Waals surface area contributed by atoms with Crippen LogP contribution in [0, 0.1) is 0 Å². The highest BCUT2D eigenvalue weighted by Gasteiger charge is 2.36. The molecule has 1 atom stereocenters. The van der Waals surface area contributed by atoms with Crippen LogP contribution in [0.4, 0.5) is 5.69 Å². The molecule has 0 aliphatic carbocycles. The first-order valence-corrected chi connectivity index (χ1v) is 10.5. The standard InChI is InChI=1S/C23H16Cl2N2O6/c1-12(20(28)26-19-10-14(24)5-7-18(19)25)33-23(31)13-4-6-16-17(9-13)22(30)27(21(16)29)11-15-3-2-8-32-15/h2-10,12H,11H2,1H3,(H,26,28)/t12-/m0/s1. The molecule has 0 fully saturated rings. The maximum atomic E-state index is 12.7. The molecule has 1 aliphatic rings. The molecular formula is C23H16Cl2N2O6. The molecule has 10 heteroatoms. The molecule has 0 saturated carbocycles. The van der Waals surface area contributed by atoms with Crippen LogP contribution in [0.15, 0.2) is 59.2 Å². The summed E-state index contributed by atoms with van der Waals surface area (Å²) in [7, 11) is 0. The van der Waals surface area contributed by atoms with Crippen LogP contribution in [0.1, 0.15) is 43.8 Å². The van der Waals surface area contributed by atoms with Gasteiger partial charge in [0.15, 0.2) is 6.10 Å². The van der Waals surface area contributed by atoms with Gasteiger partial charge in [-0.1, -0.05) is 23.2 Å². The van der Waals surface area contributed by atoms with Gasteiger partial charge in [-0.3, -0.25) is 19.3 Å². The summed E-state index contributed by atoms with van der Waals surface area (Å²) in [5.41, 5.74) is 0.541. The van der Waals surface area contributed by atoms with Gasteiger partial charge in [-0.05, 0) is 55.5 Å². The summed E-state index contributed by atoms with van der Waals surface area (Å²) in [6.45, 7) is 1.36. The van der Waals surface area contributed by atoms with Gasteiger partial charge in [0.2, 0.25) is 0 Å². The van der Waals surface area contributed by atoms with Crippen LogP contribution in [0.2, 0.25) is 10.0 Å². The highest BCUT2D eigenvalue weighted by molar-refractivity contribution is 6.35. The molecule has 168 valence electrons. The molecule has 3 aromatic rings. The summed E-state index contributed by atoms with van der Waals surface area (Å²) in [6, 6.07) is 11.9. The number of rotatable bonds is 6. The van der Waals surface area contributed by atoms with Crippen molar-refractivity contribution in [2.75, 3.05) is 5.32 Å². The predicted octanol–water partition coefficient (Wildman–Crippen LogP) is 4.57. The van der Waals surface area contributed by atoms with Crippen molar-refractivity contribution in [2.45, 2.75) is 19.6 Å². The molecule has 0 bridgehead atoms. The lowest BCUT2D eigenvalue weighted by molar-refractivity contribution is -0.123. The first kappa shape index (κ1) is 22.6. The highest BCUT2D eigenvalue weighted by atomic mass is 35.5. The Hall–Kier alpha value is -3.62. The number of furan rings is 1. The van der Waals surface area contributed by atoms with E-state index in [-0.39, 0.29) is 33.9 Å². The van der Waals surface area contributed by atoms with E-state index in [1.807, 2.05) is 0 Å². The zero-order valence-corrected chi connectivity index (χ0v) is 18.6. The molecule has 8 nitrogen and oxygen atoms in total. The molecule has 2 aromatic carbocycles. The lowest BCUT2D eigenvalue weighted by Crippen LogP contribution is -2.30. The Bertz CT molecular complexity index is 1270. The fraction of sp³-hybridized carbons (Fsp3) is 0.130. The van der Waals surface area contributed by atoms with E-state index in [1.54, 1.807) is 18.2 Å². The van der Waals surface area contributed by atoms with Crippen molar-refractivity contribution in [3.05, 3.63) is 87.3 Å². The topological polar surface area (TPSA) is 106 Å². The summed E-state index contributed by atoms with van der Waals surface area (Å²) in [6.07, 6.45) is 0.271. The Morgan fingerprint density at radius 2 is 1.82 bits per heavy atom. The number of fused-ring (bicyclic) bond motifs is 1. The summed E-state index contributed by atoms with van der Waals surface area (Å²) < 4.78 is 10.4. The zero-order valence-electron chi connectivity index (χ0n) is 17.1. The Kier molecular flexibility index (Phi) is 6.22. The highest BCUT2D eigenvalue weighted by Crippen LogP contribution is 2.27. The maximum absolute atomic E-state index is 12.7. The molecule has 1 aromatic heterocycles. The lowest BCUT2D eigenvalue weighted by Gasteiger charge is -2.14. The third kappa shape index (κ3) is 4.62. The van der Waals surface area contributed by atoms with Gasteiger partial charge in [-0.25, -0.2) is 4.79 Å². The van der Waals surface area contributed by atoms with Crippen molar-refractivity contribution in [3.63, 3.8) is 0 Å². The van der Waals surface area contributed by atoms with Crippen LogP contribution in [0.5, 0.6) is 0 Å². The number of halogens is 2. The number of hydrogen-bond donors (Lipinski definition) is 1. The number of nitrogens with one attached hydrogen (secondary N) is 1. The largest absolute Gasteiger partial charge is 0.467 e. The fourth-order valence-corrected chi connectivity index (χ4v) is 3.57. The van der Waals surface area contributed by atoms with E-state index in [0.717, 1.165) is 4.90 Å². The molecule has 1 N–H and O–H groups in total. The predicted molar refractivity (Wildman–Crippen MR) is 119 cm³/mol. The van der Waals surface area contributed by atoms with Gasteiger partial charge in [0.1, 0.15) is 5.76 Å². The number of ether oxygens (including phenoxy) is 1. The quantitative estimate of drug-likeness (QED) is 0.404. The van der Waals surface area contributed by atoms with Gasteiger partial charge in [0.05, 0.1) is 40.2 Å². The molecule has 0 spiro atoms. The smallest absolute Gasteiger partial charge is 0.338 e. The number of carbonyl (C=O) groups is 4. The van der Waals surface area contributed by atoms with Gasteiger partial charge < -0.3 is 14.5 Å². The first-order valence-electron chi connectivity index (χ1n) is 9.74. The SMILES string of the molecule is C[C@H](OC(=O)c1ccc2c(c1)C(=O)N(Cc1ccco1)C2=O)C(=O)Nc1cc(Cl)ccc1Cl. The molecule has 4 rings (SSSR count). The number of esters is 1. The Balaban J connectivity index is 1.45. The number of carbonyl (C=O) groups excluding carboxylic acids is 4. The number of amides is 3. The van der Waals surface area contributed by atoms with Crippen LogP contribution in [0.3, 0.4) is 0 Å². The van der Waals surface area contributed by atoms with Gasteiger partial charge >= 0.3 is 5.97 Å². The van der Waals surface area contributed by atoms with E-state index >= 15 is 0 Å². The average Bonchev–Trinajstić information content (AvgIpc) is 3.39. The average molecular weight is 487 g/mol. The molecule has 1 aliphatic heterocycles. The minimum atomic E-state index is -1.17. The molecule has 33 heavy (non-hydrogen) atoms. The number of benzene rings is 2. The van der Waals surface area contributed by atoms with Crippen LogP contribution in [-0.4, -0.2) is 34.7 Å². The lowest BCUT2D eigenvalue weighted by atomic mass is 10.1. The monoisotopic (exact) mass is 486 g/mol. The van der Waals surface area contributed by atoms with Crippen molar-refractivity contribution in [2.24, 2.45) is 0 Å². The number of imide groups is 1. The Labute approximate surface area is 198 Å². The second-order valence-corrected chi connectivity index (χ2v) is 8.04. The third-order valence-electron chi connectivity index (χ3n) is 4.94. The van der Waals surface area contributed by atoms with Crippen molar-refractivity contribution < 1.29 is 28.3 Å². The molecule has 2 heterocycles. The Morgan fingerprint density at radius 1 is 1.06 bits per heavy atom. The van der Waals surface area contributed by atoms with E-state index in [0.29, 0.717) is 10.8 Å². The van der Waals surface area contributed by atoms with Crippen LogP contribution in [-0.2, 0) is 16.1 Å².